The van der Waals surface area contributed by atoms with Gasteiger partial charge in [0.05, 0.1) is 6.07 Å². The van der Waals surface area contributed by atoms with E-state index < -0.39 is 0 Å². The van der Waals surface area contributed by atoms with E-state index >= 15 is 0 Å². The van der Waals surface area contributed by atoms with Gasteiger partial charge in [0.25, 0.3) is 0 Å². The van der Waals surface area contributed by atoms with Crippen molar-refractivity contribution in [1.29, 1.82) is 10.5 Å². The van der Waals surface area contributed by atoms with Crippen LogP contribution in [0.15, 0.2) is 0 Å². The van der Waals surface area contributed by atoms with Crippen molar-refractivity contribution in [2.24, 2.45) is 0 Å². The van der Waals surface area contributed by atoms with Gasteiger partial charge in [0.1, 0.15) is 0 Å². The Morgan fingerprint density at radius 3 is 1.18 bits per heavy atom. The van der Waals surface area contributed by atoms with Crippen LogP contribution in [0.3, 0.4) is 0 Å². The summed E-state index contributed by atoms with van der Waals surface area (Å²) in [6.45, 7) is 6.18. The first-order valence-electron chi connectivity index (χ1n) is 1.39. The molecule has 0 aliphatic rings. The first kappa shape index (κ1) is 57.2. The Morgan fingerprint density at radius 2 is 1.18 bits per heavy atom. The van der Waals surface area contributed by atoms with Crippen LogP contribution >= 0.6 is 0 Å². The van der Waals surface area contributed by atoms with Gasteiger partial charge in [-0.2, -0.15) is 5.26 Å². The molecule has 0 saturated heterocycles. The molecule has 0 atom stereocenters. The standard InChI is InChI=1S/C2H3N.CN.CH4O.3Au.H2O/c1-2-3;2*1-2;;;;/h1H3;;2H,1H3;;;;1H2/q;-1;;;;+1;. The molecule has 11 heavy (non-hydrogen) atoms. The Morgan fingerprint density at radius 1 is 1.18 bits per heavy atom. The summed E-state index contributed by atoms with van der Waals surface area (Å²) in [5, 5.41) is 20.6. The third kappa shape index (κ3) is 736. The molecule has 0 bridgehead atoms. The Labute approximate surface area is 114 Å². The number of aliphatic hydroxyl groups excluding tert-OH is 1. The minimum absolute atomic E-state index is 0. The summed E-state index contributed by atoms with van der Waals surface area (Å²) >= 11 is 0. The second kappa shape index (κ2) is 253. The minimum Gasteiger partial charge on any atom is -0.512 e. The molecule has 3 N–H and O–H groups in total. The summed E-state index contributed by atoms with van der Waals surface area (Å²) < 4.78 is 0. The van der Waals surface area contributed by atoms with Crippen molar-refractivity contribution in [2.45, 2.75) is 6.92 Å². The van der Waals surface area contributed by atoms with E-state index in [-0.39, 0.29) is 72.6 Å². The van der Waals surface area contributed by atoms with Gasteiger partial charge in [0.15, 0.2) is 0 Å². The largest absolute Gasteiger partial charge is 1.00 e. The first-order valence-corrected chi connectivity index (χ1v) is 1.39. The van der Waals surface area contributed by atoms with E-state index in [1.165, 1.54) is 6.92 Å². The number of nitriles is 1. The Hall–Kier alpha value is 1.12. The molecule has 0 heterocycles. The molecule has 0 saturated carbocycles. The maximum Gasteiger partial charge on any atom is 1.00 e. The molecule has 4 nitrogen and oxygen atoms in total. The molecule has 0 aliphatic heterocycles. The molecule has 0 spiro atoms. The quantitative estimate of drug-likeness (QED) is 0.269. The van der Waals surface area contributed by atoms with Crippen molar-refractivity contribution < 1.29 is 77.7 Å². The van der Waals surface area contributed by atoms with Crippen molar-refractivity contribution in [3.8, 4) is 6.07 Å². The fourth-order valence-corrected chi connectivity index (χ4v) is 0. The normalized spacial score (nSPS) is 1.45. The van der Waals surface area contributed by atoms with Crippen LogP contribution in [0.4, 0.5) is 0 Å². The summed E-state index contributed by atoms with van der Waals surface area (Å²) in [5.74, 6) is 0. The van der Waals surface area contributed by atoms with Crippen molar-refractivity contribution in [1.82, 2.24) is 0 Å². The van der Waals surface area contributed by atoms with Gasteiger partial charge in [0.2, 0.25) is 0 Å². The monoisotopic (exact) mass is 708 g/mol. The van der Waals surface area contributed by atoms with E-state index in [0.717, 1.165) is 7.11 Å². The average Bonchev–Trinajstić information content (AvgIpc) is 1.78. The summed E-state index contributed by atoms with van der Waals surface area (Å²) in [6.07, 6.45) is 0. The number of hydrogen-bond acceptors (Lipinski definition) is 3. The van der Waals surface area contributed by atoms with Crippen LogP contribution in [-0.4, -0.2) is 17.7 Å². The summed E-state index contributed by atoms with van der Waals surface area (Å²) in [4.78, 5) is 0. The van der Waals surface area contributed by atoms with Crippen LogP contribution in [0.5, 0.6) is 0 Å². The van der Waals surface area contributed by atoms with E-state index in [9.17, 15) is 0 Å². The van der Waals surface area contributed by atoms with Gasteiger partial charge in [-0.1, -0.05) is 0 Å². The molecule has 0 fully saturated rings. The zero-order valence-corrected chi connectivity index (χ0v) is 12.2. The average molecular weight is 708 g/mol. The van der Waals surface area contributed by atoms with E-state index in [1.807, 2.05) is 0 Å². The molecule has 7 heteroatoms. The van der Waals surface area contributed by atoms with E-state index in [4.69, 9.17) is 22.2 Å². The predicted molar refractivity (Wildman–Crippen MR) is 28.0 cm³/mol. The molecular formula is C4H9Au3N2O2. The maximum atomic E-state index is 7.32. The smallest absolute Gasteiger partial charge is 0.512 e. The van der Waals surface area contributed by atoms with Crippen LogP contribution in [0.25, 0.3) is 0 Å². The zero-order valence-electron chi connectivity index (χ0n) is 5.75. The van der Waals surface area contributed by atoms with Crippen LogP contribution < -0.4 is 0 Å². The maximum absolute atomic E-state index is 7.32. The van der Waals surface area contributed by atoms with E-state index in [0.29, 0.717) is 0 Å². The van der Waals surface area contributed by atoms with Gasteiger partial charge >= 0.3 is 22.4 Å². The Bertz CT molecular complexity index is 64.1. The van der Waals surface area contributed by atoms with Crippen molar-refractivity contribution in [2.75, 3.05) is 7.11 Å². The number of nitrogens with zero attached hydrogens (tertiary/aromatic N) is 2. The van der Waals surface area contributed by atoms with E-state index in [2.05, 4.69) is 0 Å². The van der Waals surface area contributed by atoms with Gasteiger partial charge in [-0.05, 0) is 0 Å². The predicted octanol–water partition coefficient (Wildman–Crippen LogP) is -0.597. The molecule has 0 unspecified atom stereocenters. The molecule has 0 aromatic carbocycles. The SMILES string of the molecule is CC#N.CO.O.[Au+].[Au].[Au].[C-]#N. The number of hydrogen-bond donors (Lipinski definition) is 1. The minimum atomic E-state index is 0. The Kier molecular flexibility index (Phi) is 1320. The van der Waals surface area contributed by atoms with E-state index in [1.54, 1.807) is 6.07 Å². The third-order valence-electron chi connectivity index (χ3n) is 0. The second-order valence-electron chi connectivity index (χ2n) is 0.224. The van der Waals surface area contributed by atoms with Crippen LogP contribution in [0.2, 0.25) is 0 Å². The molecule has 0 aromatic heterocycles. The molecule has 0 aromatic rings. The van der Waals surface area contributed by atoms with Gasteiger partial charge in [-0.25, -0.2) is 0 Å². The van der Waals surface area contributed by atoms with Crippen LogP contribution in [0, 0.1) is 23.2 Å². The summed E-state index contributed by atoms with van der Waals surface area (Å²) in [5.41, 5.74) is 0. The topological polar surface area (TPSA) is 99.3 Å². The number of aliphatic hydroxyl groups is 1. The zero-order chi connectivity index (χ0) is 6.71. The van der Waals surface area contributed by atoms with Gasteiger partial charge < -0.3 is 22.4 Å². The number of rotatable bonds is 0. The van der Waals surface area contributed by atoms with Crippen LogP contribution in [0.1, 0.15) is 6.92 Å². The summed E-state index contributed by atoms with van der Waals surface area (Å²) in [6, 6.07) is 1.75. The first-order chi connectivity index (χ1) is 3.41. The van der Waals surface area contributed by atoms with Crippen molar-refractivity contribution in [3.05, 3.63) is 6.57 Å². The molecule has 0 aliphatic carbocycles. The Balaban J connectivity index is -0.00000000378. The molecular weight excluding hydrogens is 699 g/mol. The van der Waals surface area contributed by atoms with Crippen LogP contribution in [-0.2, 0) is 67.1 Å². The molecule has 80 valence electrons. The van der Waals surface area contributed by atoms with Gasteiger partial charge in [0, 0.05) is 58.8 Å². The van der Waals surface area contributed by atoms with Crippen molar-refractivity contribution >= 4 is 0 Å². The molecule has 2 radical (unpaired) electrons. The fraction of sp³-hybridized carbons (Fsp3) is 0.500. The second-order valence-corrected chi connectivity index (χ2v) is 0.224. The fourth-order valence-electron chi connectivity index (χ4n) is 0. The third-order valence-corrected chi connectivity index (χ3v) is 0. The molecule has 0 rings (SSSR count). The summed E-state index contributed by atoms with van der Waals surface area (Å²) in [7, 11) is 1.00. The van der Waals surface area contributed by atoms with Gasteiger partial charge in [-0.3, -0.25) is 0 Å². The molecule has 0 amide bonds. The van der Waals surface area contributed by atoms with Crippen molar-refractivity contribution in [3.63, 3.8) is 0 Å². The van der Waals surface area contributed by atoms with Gasteiger partial charge in [-0.15, -0.1) is 0 Å².